The fraction of sp³-hybridized carbons (Fsp3) is 0. The lowest BCUT2D eigenvalue weighted by molar-refractivity contribution is 0.673. The molecule has 0 N–H and O–H groups in total. The largest absolute Gasteiger partial charge is 0.455 e. The average Bonchev–Trinajstić information content (AvgIpc) is 3.85. The summed E-state index contributed by atoms with van der Waals surface area (Å²) in [6.45, 7) is 0. The number of benzene rings is 8. The molecular formula is C46H27NOS2. The number of thiophene rings is 2. The van der Waals surface area contributed by atoms with Gasteiger partial charge in [0.05, 0.1) is 0 Å². The van der Waals surface area contributed by atoms with Gasteiger partial charge in [-0.2, -0.15) is 0 Å². The summed E-state index contributed by atoms with van der Waals surface area (Å²) in [5.74, 6) is 0. The number of furan rings is 1. The van der Waals surface area contributed by atoms with E-state index in [1.165, 1.54) is 62.2 Å². The van der Waals surface area contributed by atoms with E-state index in [0.29, 0.717) is 0 Å². The molecule has 50 heavy (non-hydrogen) atoms. The first-order chi connectivity index (χ1) is 24.8. The molecule has 2 nitrogen and oxygen atoms in total. The number of hydrogen-bond acceptors (Lipinski definition) is 4. The first-order valence-electron chi connectivity index (χ1n) is 16.8. The third kappa shape index (κ3) is 4.19. The molecule has 0 saturated carbocycles. The summed E-state index contributed by atoms with van der Waals surface area (Å²) in [7, 11) is 0. The van der Waals surface area contributed by atoms with E-state index >= 15 is 0 Å². The second-order valence-electron chi connectivity index (χ2n) is 12.9. The van der Waals surface area contributed by atoms with Crippen LogP contribution in [0.4, 0.5) is 17.1 Å². The highest BCUT2D eigenvalue weighted by atomic mass is 32.1. The monoisotopic (exact) mass is 673 g/mol. The molecule has 11 aromatic rings. The van der Waals surface area contributed by atoms with Gasteiger partial charge in [-0.05, 0) is 83.1 Å². The summed E-state index contributed by atoms with van der Waals surface area (Å²) in [5.41, 5.74) is 7.71. The molecule has 8 aromatic carbocycles. The Morgan fingerprint density at radius 2 is 1.10 bits per heavy atom. The van der Waals surface area contributed by atoms with E-state index in [2.05, 4.69) is 163 Å². The predicted molar refractivity (Wildman–Crippen MR) is 217 cm³/mol. The zero-order valence-corrected chi connectivity index (χ0v) is 28.4. The van der Waals surface area contributed by atoms with Crippen molar-refractivity contribution >= 4 is 113 Å². The molecule has 0 aliphatic carbocycles. The van der Waals surface area contributed by atoms with Crippen LogP contribution >= 0.6 is 22.7 Å². The molecule has 3 aromatic heterocycles. The van der Waals surface area contributed by atoms with Gasteiger partial charge in [-0.3, -0.25) is 0 Å². The molecular weight excluding hydrogens is 647 g/mol. The Morgan fingerprint density at radius 3 is 1.96 bits per heavy atom. The zero-order valence-electron chi connectivity index (χ0n) is 26.8. The zero-order chi connectivity index (χ0) is 32.8. The summed E-state index contributed by atoms with van der Waals surface area (Å²) in [6, 6.07) is 59.4. The Bertz CT molecular complexity index is 3090. The standard InChI is InChI=1S/C46H27NOS2/c1-2-12-31(13-3-1)47(33-22-23-35-38-24-29-10-4-5-11-30(29)25-42(38)49-43(35)26-33)32-20-18-28(19-21-32)37-27-39-34-14-6-8-16-40(34)48-45(39)44-36-15-7-9-17-41(36)50-46(37)44/h1-27H. The molecule has 0 fully saturated rings. The third-order valence-corrected chi connectivity index (χ3v) is 12.3. The maximum absolute atomic E-state index is 6.54. The van der Waals surface area contributed by atoms with Gasteiger partial charge in [-0.1, -0.05) is 97.1 Å². The number of hydrogen-bond donors (Lipinski definition) is 0. The minimum absolute atomic E-state index is 0.925. The van der Waals surface area contributed by atoms with Crippen LogP contribution in [-0.4, -0.2) is 0 Å². The summed E-state index contributed by atoms with van der Waals surface area (Å²) in [5, 5.41) is 9.94. The maximum atomic E-state index is 6.54. The van der Waals surface area contributed by atoms with Crippen molar-refractivity contribution in [1.82, 2.24) is 0 Å². The summed E-state index contributed by atoms with van der Waals surface area (Å²) in [4.78, 5) is 2.37. The van der Waals surface area contributed by atoms with Crippen LogP contribution in [0.2, 0.25) is 0 Å². The molecule has 3 heterocycles. The minimum atomic E-state index is 0.925. The lowest BCUT2D eigenvalue weighted by Gasteiger charge is -2.25. The highest BCUT2D eigenvalue weighted by Crippen LogP contribution is 2.47. The Labute approximate surface area is 295 Å². The van der Waals surface area contributed by atoms with Crippen LogP contribution in [0.1, 0.15) is 0 Å². The van der Waals surface area contributed by atoms with Crippen molar-refractivity contribution in [1.29, 1.82) is 0 Å². The molecule has 0 spiro atoms. The van der Waals surface area contributed by atoms with E-state index in [4.69, 9.17) is 4.42 Å². The highest BCUT2D eigenvalue weighted by Gasteiger charge is 2.20. The number of rotatable bonds is 4. The van der Waals surface area contributed by atoms with Crippen LogP contribution in [0.5, 0.6) is 0 Å². The van der Waals surface area contributed by atoms with Crippen molar-refractivity contribution in [3.8, 4) is 11.1 Å². The molecule has 0 aliphatic rings. The van der Waals surface area contributed by atoms with Gasteiger partial charge in [0.25, 0.3) is 0 Å². The van der Waals surface area contributed by atoms with Gasteiger partial charge >= 0.3 is 0 Å². The molecule has 11 rings (SSSR count). The average molecular weight is 674 g/mol. The minimum Gasteiger partial charge on any atom is -0.455 e. The van der Waals surface area contributed by atoms with Gasteiger partial charge < -0.3 is 9.32 Å². The number of fused-ring (bicyclic) bond motifs is 11. The van der Waals surface area contributed by atoms with Crippen molar-refractivity contribution in [3.05, 3.63) is 164 Å². The number of para-hydroxylation sites is 2. The van der Waals surface area contributed by atoms with Gasteiger partial charge in [0.1, 0.15) is 11.2 Å². The maximum Gasteiger partial charge on any atom is 0.144 e. The summed E-state index contributed by atoms with van der Waals surface area (Å²) in [6.07, 6.45) is 0. The van der Waals surface area contributed by atoms with Crippen LogP contribution in [0.15, 0.2) is 168 Å². The molecule has 0 unspecified atom stereocenters. The lowest BCUT2D eigenvalue weighted by atomic mass is 9.98. The van der Waals surface area contributed by atoms with Crippen LogP contribution in [-0.2, 0) is 0 Å². The van der Waals surface area contributed by atoms with Gasteiger partial charge in [-0.25, -0.2) is 0 Å². The Hall–Kier alpha value is -5.94. The van der Waals surface area contributed by atoms with Crippen molar-refractivity contribution in [2.24, 2.45) is 0 Å². The molecule has 0 saturated heterocycles. The SMILES string of the molecule is c1ccc(N(c2ccc(-c3cc4c5ccccc5oc4c4c3sc3ccccc34)cc2)c2ccc3c(c2)sc2cc4ccccc4cc23)cc1. The van der Waals surface area contributed by atoms with Gasteiger partial charge in [0, 0.05) is 73.7 Å². The van der Waals surface area contributed by atoms with Crippen LogP contribution in [0, 0.1) is 0 Å². The number of nitrogens with zero attached hydrogens (tertiary/aromatic N) is 1. The first kappa shape index (κ1) is 28.0. The Morgan fingerprint density at radius 1 is 0.420 bits per heavy atom. The second-order valence-corrected chi connectivity index (χ2v) is 15.0. The Kier molecular flexibility index (Phi) is 6.03. The van der Waals surface area contributed by atoms with Gasteiger partial charge in [0.15, 0.2) is 0 Å². The first-order valence-corrected chi connectivity index (χ1v) is 18.5. The van der Waals surface area contributed by atoms with Crippen LogP contribution < -0.4 is 4.90 Å². The Balaban J connectivity index is 1.08. The molecule has 4 heteroatoms. The van der Waals surface area contributed by atoms with Gasteiger partial charge in [-0.15, -0.1) is 22.7 Å². The van der Waals surface area contributed by atoms with Crippen molar-refractivity contribution in [2.45, 2.75) is 0 Å². The second kappa shape index (κ2) is 10.8. The van der Waals surface area contributed by atoms with Crippen molar-refractivity contribution in [3.63, 3.8) is 0 Å². The molecule has 0 bridgehead atoms. The molecule has 0 amide bonds. The van der Waals surface area contributed by atoms with Gasteiger partial charge in [0.2, 0.25) is 0 Å². The predicted octanol–water partition coefficient (Wildman–Crippen LogP) is 14.6. The molecule has 234 valence electrons. The van der Waals surface area contributed by atoms with Crippen molar-refractivity contribution < 1.29 is 4.42 Å². The fourth-order valence-electron chi connectivity index (χ4n) is 7.68. The van der Waals surface area contributed by atoms with E-state index in [-0.39, 0.29) is 0 Å². The molecule has 0 atom stereocenters. The smallest absolute Gasteiger partial charge is 0.144 e. The highest BCUT2D eigenvalue weighted by molar-refractivity contribution is 7.26. The van der Waals surface area contributed by atoms with E-state index in [9.17, 15) is 0 Å². The quantitative estimate of drug-likeness (QED) is 0.185. The summed E-state index contributed by atoms with van der Waals surface area (Å²) >= 11 is 3.72. The summed E-state index contributed by atoms with van der Waals surface area (Å²) < 4.78 is 11.7. The fourth-order valence-corrected chi connectivity index (χ4v) is 10.1. The normalized spacial score (nSPS) is 12.0. The molecule has 0 aliphatic heterocycles. The topological polar surface area (TPSA) is 16.4 Å². The van der Waals surface area contributed by atoms with E-state index in [1.54, 1.807) is 0 Å². The molecule has 0 radical (unpaired) electrons. The van der Waals surface area contributed by atoms with Crippen molar-refractivity contribution in [2.75, 3.05) is 4.90 Å². The lowest BCUT2D eigenvalue weighted by Crippen LogP contribution is -2.09. The van der Waals surface area contributed by atoms with E-state index in [1.807, 2.05) is 28.7 Å². The van der Waals surface area contributed by atoms with E-state index in [0.717, 1.165) is 39.0 Å². The van der Waals surface area contributed by atoms with Crippen LogP contribution in [0.25, 0.3) is 84.2 Å². The van der Waals surface area contributed by atoms with Crippen LogP contribution in [0.3, 0.4) is 0 Å². The number of anilines is 3. The van der Waals surface area contributed by atoms with E-state index < -0.39 is 0 Å². The third-order valence-electron chi connectivity index (χ3n) is 10.0.